The van der Waals surface area contributed by atoms with Gasteiger partial charge in [0.15, 0.2) is 0 Å². The van der Waals surface area contributed by atoms with Crippen LogP contribution in [0.25, 0.3) is 0 Å². The Bertz CT molecular complexity index is 299. The molecule has 0 heterocycles. The zero-order chi connectivity index (χ0) is 14.8. The number of nitrogens with zero attached hydrogens (tertiary/aromatic N) is 2. The van der Waals surface area contributed by atoms with Gasteiger partial charge in [0.25, 0.3) is 0 Å². The minimum atomic E-state index is -0.305. The van der Waals surface area contributed by atoms with Crippen LogP contribution in [0.1, 0.15) is 52.9 Å². The SMILES string of the molecule is CCOCCN(CC)CCCC(C#N)(CC)NC1CC1. The molecule has 1 unspecified atom stereocenters. The quantitative estimate of drug-likeness (QED) is 0.559. The molecule has 1 rings (SSSR count). The van der Waals surface area contributed by atoms with Gasteiger partial charge in [0.05, 0.1) is 12.7 Å². The van der Waals surface area contributed by atoms with E-state index in [0.29, 0.717) is 6.04 Å². The van der Waals surface area contributed by atoms with Gasteiger partial charge >= 0.3 is 0 Å². The lowest BCUT2D eigenvalue weighted by Crippen LogP contribution is -2.45. The average Bonchev–Trinajstić information content (AvgIpc) is 3.28. The fraction of sp³-hybridized carbons (Fsp3) is 0.938. The van der Waals surface area contributed by atoms with Crippen LogP contribution in [-0.2, 0) is 4.74 Å². The van der Waals surface area contributed by atoms with Gasteiger partial charge in [0.1, 0.15) is 5.54 Å². The summed E-state index contributed by atoms with van der Waals surface area (Å²) in [6.45, 7) is 11.0. The van der Waals surface area contributed by atoms with E-state index in [1.807, 2.05) is 6.92 Å². The Kier molecular flexibility index (Phi) is 8.13. The van der Waals surface area contributed by atoms with Crippen molar-refractivity contribution in [1.82, 2.24) is 10.2 Å². The molecule has 0 aromatic carbocycles. The zero-order valence-corrected chi connectivity index (χ0v) is 13.5. The molecule has 0 aliphatic heterocycles. The van der Waals surface area contributed by atoms with Gasteiger partial charge in [0.2, 0.25) is 0 Å². The molecule has 116 valence electrons. The summed E-state index contributed by atoms with van der Waals surface area (Å²) in [5.74, 6) is 0. The third-order valence-electron chi connectivity index (χ3n) is 4.16. The molecule has 1 N–H and O–H groups in total. The molecule has 20 heavy (non-hydrogen) atoms. The second-order valence-electron chi connectivity index (χ2n) is 5.70. The van der Waals surface area contributed by atoms with Gasteiger partial charge in [-0.05, 0) is 52.1 Å². The normalized spacial score (nSPS) is 17.9. The lowest BCUT2D eigenvalue weighted by atomic mass is 9.91. The van der Waals surface area contributed by atoms with Crippen LogP contribution in [0, 0.1) is 11.3 Å². The van der Waals surface area contributed by atoms with Crippen molar-refractivity contribution in [3.05, 3.63) is 0 Å². The number of nitrogens with one attached hydrogen (secondary N) is 1. The van der Waals surface area contributed by atoms with E-state index in [2.05, 4.69) is 30.1 Å². The van der Waals surface area contributed by atoms with E-state index in [-0.39, 0.29) is 5.54 Å². The highest BCUT2D eigenvalue weighted by atomic mass is 16.5. The Morgan fingerprint density at radius 1 is 1.30 bits per heavy atom. The van der Waals surface area contributed by atoms with Crippen molar-refractivity contribution in [1.29, 1.82) is 5.26 Å². The summed E-state index contributed by atoms with van der Waals surface area (Å²) in [6, 6.07) is 3.12. The molecule has 1 aliphatic carbocycles. The minimum absolute atomic E-state index is 0.305. The summed E-state index contributed by atoms with van der Waals surface area (Å²) in [5, 5.41) is 13.0. The van der Waals surface area contributed by atoms with Crippen molar-refractivity contribution >= 4 is 0 Å². The molecule has 1 fully saturated rings. The van der Waals surface area contributed by atoms with Gasteiger partial charge in [0, 0.05) is 19.2 Å². The molecular weight excluding hydrogens is 250 g/mol. The largest absolute Gasteiger partial charge is 0.380 e. The van der Waals surface area contributed by atoms with Gasteiger partial charge in [-0.1, -0.05) is 13.8 Å². The molecule has 4 nitrogen and oxygen atoms in total. The molecule has 0 saturated heterocycles. The molecule has 0 bridgehead atoms. The first-order valence-electron chi connectivity index (χ1n) is 8.18. The molecule has 0 radical (unpaired) electrons. The van der Waals surface area contributed by atoms with Crippen molar-refractivity contribution in [3.8, 4) is 6.07 Å². The van der Waals surface area contributed by atoms with Crippen LogP contribution in [0.3, 0.4) is 0 Å². The van der Waals surface area contributed by atoms with E-state index < -0.39 is 0 Å². The van der Waals surface area contributed by atoms with Gasteiger partial charge in [-0.25, -0.2) is 0 Å². The summed E-state index contributed by atoms with van der Waals surface area (Å²) < 4.78 is 5.41. The van der Waals surface area contributed by atoms with Gasteiger partial charge in [-0.15, -0.1) is 0 Å². The van der Waals surface area contributed by atoms with E-state index in [4.69, 9.17) is 4.74 Å². The van der Waals surface area contributed by atoms with Crippen molar-refractivity contribution in [3.63, 3.8) is 0 Å². The van der Waals surface area contributed by atoms with E-state index in [1.165, 1.54) is 12.8 Å². The van der Waals surface area contributed by atoms with Crippen molar-refractivity contribution in [2.45, 2.75) is 64.5 Å². The van der Waals surface area contributed by atoms with E-state index in [1.54, 1.807) is 0 Å². The zero-order valence-electron chi connectivity index (χ0n) is 13.5. The molecule has 0 amide bonds. The lowest BCUT2D eigenvalue weighted by Gasteiger charge is -2.28. The summed E-state index contributed by atoms with van der Waals surface area (Å²) in [6.07, 6.45) is 5.38. The van der Waals surface area contributed by atoms with Gasteiger partial charge in [-0.2, -0.15) is 5.26 Å². The Morgan fingerprint density at radius 2 is 2.05 bits per heavy atom. The molecule has 4 heteroatoms. The van der Waals surface area contributed by atoms with Gasteiger partial charge < -0.3 is 9.64 Å². The first-order chi connectivity index (χ1) is 9.69. The van der Waals surface area contributed by atoms with Crippen LogP contribution in [-0.4, -0.2) is 49.3 Å². The Labute approximate surface area is 124 Å². The monoisotopic (exact) mass is 281 g/mol. The van der Waals surface area contributed by atoms with Crippen LogP contribution >= 0.6 is 0 Å². The number of ether oxygens (including phenoxy) is 1. The summed E-state index contributed by atoms with van der Waals surface area (Å²) in [4.78, 5) is 2.41. The molecule has 1 aliphatic rings. The molecule has 0 aromatic rings. The van der Waals surface area contributed by atoms with E-state index in [9.17, 15) is 5.26 Å². The van der Waals surface area contributed by atoms with E-state index in [0.717, 1.165) is 52.1 Å². The number of hydrogen-bond acceptors (Lipinski definition) is 4. The molecular formula is C16H31N3O. The number of likely N-dealkylation sites (N-methyl/N-ethyl adjacent to an activating group) is 1. The maximum Gasteiger partial charge on any atom is 0.106 e. The van der Waals surface area contributed by atoms with Crippen LogP contribution in [0.5, 0.6) is 0 Å². The molecule has 1 atom stereocenters. The van der Waals surface area contributed by atoms with E-state index >= 15 is 0 Å². The third-order valence-corrected chi connectivity index (χ3v) is 4.16. The first kappa shape index (κ1) is 17.4. The smallest absolute Gasteiger partial charge is 0.106 e. The number of nitriles is 1. The Hall–Kier alpha value is -0.630. The van der Waals surface area contributed by atoms with Crippen molar-refractivity contribution in [2.24, 2.45) is 0 Å². The second-order valence-corrected chi connectivity index (χ2v) is 5.70. The fourth-order valence-corrected chi connectivity index (χ4v) is 2.51. The fourth-order valence-electron chi connectivity index (χ4n) is 2.51. The van der Waals surface area contributed by atoms with Crippen LogP contribution in [0.2, 0.25) is 0 Å². The topological polar surface area (TPSA) is 48.3 Å². The lowest BCUT2D eigenvalue weighted by molar-refractivity contribution is 0.114. The highest BCUT2D eigenvalue weighted by molar-refractivity contribution is 5.09. The van der Waals surface area contributed by atoms with Crippen LogP contribution in [0.15, 0.2) is 0 Å². The predicted molar refractivity (Wildman–Crippen MR) is 82.6 cm³/mol. The molecule has 1 saturated carbocycles. The van der Waals surface area contributed by atoms with Crippen molar-refractivity contribution in [2.75, 3.05) is 32.8 Å². The highest BCUT2D eigenvalue weighted by Gasteiger charge is 2.34. The first-order valence-corrected chi connectivity index (χ1v) is 8.18. The van der Waals surface area contributed by atoms with Gasteiger partial charge in [-0.3, -0.25) is 5.32 Å². The maximum absolute atomic E-state index is 9.50. The number of hydrogen-bond donors (Lipinski definition) is 1. The van der Waals surface area contributed by atoms with Crippen LogP contribution < -0.4 is 5.32 Å². The molecule has 0 aromatic heterocycles. The number of rotatable bonds is 12. The second kappa shape index (κ2) is 9.33. The highest BCUT2D eigenvalue weighted by Crippen LogP contribution is 2.26. The average molecular weight is 281 g/mol. The minimum Gasteiger partial charge on any atom is -0.380 e. The summed E-state index contributed by atoms with van der Waals surface area (Å²) >= 11 is 0. The summed E-state index contributed by atoms with van der Waals surface area (Å²) in [7, 11) is 0. The Balaban J connectivity index is 2.29. The van der Waals surface area contributed by atoms with Crippen molar-refractivity contribution < 1.29 is 4.74 Å². The molecule has 0 spiro atoms. The Morgan fingerprint density at radius 3 is 2.55 bits per heavy atom. The standard InChI is InChI=1S/C16H31N3O/c1-4-16(14-17,18-15-8-9-15)10-7-11-19(5-2)12-13-20-6-3/h15,18H,4-13H2,1-3H3. The summed E-state index contributed by atoms with van der Waals surface area (Å²) in [5.41, 5.74) is -0.305. The predicted octanol–water partition coefficient (Wildman–Crippen LogP) is 2.55. The third kappa shape index (κ3) is 6.21. The van der Waals surface area contributed by atoms with Crippen LogP contribution in [0.4, 0.5) is 0 Å². The maximum atomic E-state index is 9.50.